The Morgan fingerprint density at radius 1 is 1.14 bits per heavy atom. The van der Waals surface area contributed by atoms with Crippen LogP contribution in [0.4, 0.5) is 27.9 Å². The molecule has 0 bridgehead atoms. The van der Waals surface area contributed by atoms with Crippen LogP contribution in [0.25, 0.3) is 0 Å². The minimum absolute atomic E-state index is 0.103. The number of aryl methyl sites for hydroxylation is 2. The third kappa shape index (κ3) is 5.98. The number of benzene rings is 1. The van der Waals surface area contributed by atoms with E-state index in [1.165, 1.54) is 30.2 Å². The van der Waals surface area contributed by atoms with E-state index >= 15 is 0 Å². The highest BCUT2D eigenvalue weighted by molar-refractivity contribution is 5.92. The van der Waals surface area contributed by atoms with E-state index in [-0.39, 0.29) is 11.4 Å². The largest absolute Gasteiger partial charge is 0.362 e. The molecule has 1 aromatic heterocycles. The number of nitro benzene ring substituents is 1. The van der Waals surface area contributed by atoms with E-state index in [9.17, 15) is 14.9 Å². The molecule has 35 heavy (non-hydrogen) atoms. The van der Waals surface area contributed by atoms with Crippen LogP contribution in [0.5, 0.6) is 0 Å². The Bertz CT molecular complexity index is 1080. The molecular weight excluding hydrogens is 446 g/mol. The number of nitro groups is 1. The highest BCUT2D eigenvalue weighted by Gasteiger charge is 2.25. The van der Waals surface area contributed by atoms with Gasteiger partial charge in [-0.3, -0.25) is 10.1 Å². The van der Waals surface area contributed by atoms with Gasteiger partial charge in [-0.1, -0.05) is 12.1 Å². The summed E-state index contributed by atoms with van der Waals surface area (Å²) in [5.74, 6) is 2.11. The van der Waals surface area contributed by atoms with Crippen LogP contribution in [-0.4, -0.2) is 47.6 Å². The predicted molar refractivity (Wildman–Crippen MR) is 137 cm³/mol. The molecule has 0 unspecified atom stereocenters. The molecule has 0 spiro atoms. The lowest BCUT2D eigenvalue weighted by molar-refractivity contribution is -0.383. The lowest BCUT2D eigenvalue weighted by Gasteiger charge is -2.30. The monoisotopic (exact) mass is 481 g/mol. The van der Waals surface area contributed by atoms with Gasteiger partial charge in [0.05, 0.1) is 10.6 Å². The van der Waals surface area contributed by atoms with E-state index in [1.807, 2.05) is 14.1 Å². The van der Waals surface area contributed by atoms with Crippen LogP contribution in [0.15, 0.2) is 18.2 Å². The Morgan fingerprint density at radius 2 is 1.89 bits per heavy atom. The molecule has 0 saturated heterocycles. The van der Waals surface area contributed by atoms with Crippen LogP contribution in [-0.2, 0) is 12.8 Å². The second-order valence-electron chi connectivity index (χ2n) is 9.82. The van der Waals surface area contributed by atoms with Gasteiger partial charge >= 0.3 is 6.03 Å². The van der Waals surface area contributed by atoms with Gasteiger partial charge in [-0.25, -0.2) is 9.78 Å². The maximum Gasteiger partial charge on any atom is 0.319 e. The van der Waals surface area contributed by atoms with Crippen molar-refractivity contribution in [3.8, 4) is 0 Å². The van der Waals surface area contributed by atoms with Gasteiger partial charge in [0.1, 0.15) is 11.5 Å². The first-order valence-corrected chi connectivity index (χ1v) is 12.4. The summed E-state index contributed by atoms with van der Waals surface area (Å²) >= 11 is 0. The summed E-state index contributed by atoms with van der Waals surface area (Å²) in [7, 11) is 4.07. The molecule has 4 rings (SSSR count). The zero-order valence-electron chi connectivity index (χ0n) is 20.8. The van der Waals surface area contributed by atoms with Crippen molar-refractivity contribution < 1.29 is 9.72 Å². The molecule has 0 radical (unpaired) electrons. The van der Waals surface area contributed by atoms with Crippen molar-refractivity contribution in [2.45, 2.75) is 64.3 Å². The van der Waals surface area contributed by atoms with Crippen molar-refractivity contribution in [2.75, 3.05) is 36.2 Å². The summed E-state index contributed by atoms with van der Waals surface area (Å²) in [6, 6.07) is 4.64. The van der Waals surface area contributed by atoms with Gasteiger partial charge in [-0.2, -0.15) is 4.98 Å². The Hall–Kier alpha value is -3.43. The standard InChI is InChI=1S/C25H35N7O3/c1-16-7-6-10-21(32(34)35)22(16)29-25(33)26-15-17-11-13-18(14-12-17)27-24-28-20-9-5-4-8-19(20)23(30-24)31(2)3/h6-7,10,17-18H,4-5,8-9,11-15H2,1-3H3,(H2,26,29,33)(H,27,28,30)/t17-,18+. The van der Waals surface area contributed by atoms with Crippen molar-refractivity contribution in [1.29, 1.82) is 0 Å². The summed E-state index contributed by atoms with van der Waals surface area (Å²) in [5.41, 5.74) is 3.26. The van der Waals surface area contributed by atoms with Gasteiger partial charge in [0.2, 0.25) is 5.95 Å². The Balaban J connectivity index is 1.27. The van der Waals surface area contributed by atoms with Crippen LogP contribution < -0.4 is 20.9 Å². The first-order chi connectivity index (χ1) is 16.8. The Kier molecular flexibility index (Phi) is 7.67. The molecule has 1 saturated carbocycles. The Morgan fingerprint density at radius 3 is 2.60 bits per heavy atom. The molecule has 0 aliphatic heterocycles. The first kappa shape index (κ1) is 24.7. The SMILES string of the molecule is Cc1cccc([N+](=O)[O-])c1NC(=O)NC[C@H]1CC[C@@H](Nc2nc3c(c(N(C)C)n2)CCCC3)CC1. The number of amides is 2. The van der Waals surface area contributed by atoms with Crippen LogP contribution in [0, 0.1) is 23.0 Å². The third-order valence-corrected chi connectivity index (χ3v) is 7.00. The lowest BCUT2D eigenvalue weighted by atomic mass is 9.86. The average Bonchev–Trinajstić information content (AvgIpc) is 2.84. The summed E-state index contributed by atoms with van der Waals surface area (Å²) in [4.78, 5) is 34.9. The number of nitrogens with zero attached hydrogens (tertiary/aromatic N) is 4. The number of carbonyl (C=O) groups excluding carboxylic acids is 1. The number of aromatic nitrogens is 2. The molecule has 188 valence electrons. The number of anilines is 3. The van der Waals surface area contributed by atoms with Crippen LogP contribution in [0.2, 0.25) is 0 Å². The van der Waals surface area contributed by atoms with Gasteiger partial charge in [0.15, 0.2) is 0 Å². The number of carbonyl (C=O) groups is 1. The van der Waals surface area contributed by atoms with Crippen molar-refractivity contribution in [3.05, 3.63) is 45.1 Å². The molecule has 2 amide bonds. The molecule has 1 heterocycles. The minimum Gasteiger partial charge on any atom is -0.362 e. The fourth-order valence-corrected chi connectivity index (χ4v) is 5.06. The summed E-state index contributed by atoms with van der Waals surface area (Å²) in [6.45, 7) is 2.28. The highest BCUT2D eigenvalue weighted by Crippen LogP contribution is 2.31. The number of hydrogen-bond acceptors (Lipinski definition) is 7. The summed E-state index contributed by atoms with van der Waals surface area (Å²) in [5, 5.41) is 20.4. The fourth-order valence-electron chi connectivity index (χ4n) is 5.06. The Labute approximate surface area is 206 Å². The lowest BCUT2D eigenvalue weighted by Crippen LogP contribution is -2.36. The normalized spacial score (nSPS) is 19.4. The molecule has 10 heteroatoms. The molecule has 2 aromatic rings. The quantitative estimate of drug-likeness (QED) is 0.394. The highest BCUT2D eigenvalue weighted by atomic mass is 16.6. The molecule has 10 nitrogen and oxygen atoms in total. The number of fused-ring (bicyclic) bond motifs is 1. The van der Waals surface area contributed by atoms with E-state index in [0.29, 0.717) is 24.1 Å². The molecular formula is C25H35N7O3. The zero-order valence-corrected chi connectivity index (χ0v) is 20.8. The molecule has 0 atom stereocenters. The van der Waals surface area contributed by atoms with Gasteiger partial charge < -0.3 is 20.9 Å². The second kappa shape index (κ2) is 10.9. The van der Waals surface area contributed by atoms with Crippen LogP contribution in [0.3, 0.4) is 0 Å². The molecule has 2 aliphatic carbocycles. The minimum atomic E-state index is -0.481. The van der Waals surface area contributed by atoms with E-state index in [4.69, 9.17) is 9.97 Å². The zero-order chi connectivity index (χ0) is 24.9. The fraction of sp³-hybridized carbons (Fsp3) is 0.560. The van der Waals surface area contributed by atoms with Crippen LogP contribution >= 0.6 is 0 Å². The average molecular weight is 482 g/mol. The third-order valence-electron chi connectivity index (χ3n) is 7.00. The number of nitrogens with one attached hydrogen (secondary N) is 3. The summed E-state index contributed by atoms with van der Waals surface area (Å²) in [6.07, 6.45) is 8.36. The second-order valence-corrected chi connectivity index (χ2v) is 9.82. The van der Waals surface area contributed by atoms with E-state index in [2.05, 4.69) is 20.9 Å². The number of rotatable bonds is 7. The number of para-hydroxylation sites is 1. The molecule has 3 N–H and O–H groups in total. The van der Waals surface area contributed by atoms with Crippen LogP contribution in [0.1, 0.15) is 55.3 Å². The first-order valence-electron chi connectivity index (χ1n) is 12.4. The number of urea groups is 1. The topological polar surface area (TPSA) is 125 Å². The molecule has 1 fully saturated rings. The number of hydrogen-bond donors (Lipinski definition) is 3. The molecule has 2 aliphatic rings. The smallest absolute Gasteiger partial charge is 0.319 e. The van der Waals surface area contributed by atoms with E-state index in [1.54, 1.807) is 19.1 Å². The molecule has 1 aromatic carbocycles. The van der Waals surface area contributed by atoms with E-state index in [0.717, 1.165) is 50.3 Å². The van der Waals surface area contributed by atoms with E-state index < -0.39 is 11.0 Å². The maximum atomic E-state index is 12.4. The van der Waals surface area contributed by atoms with Gasteiger partial charge in [-0.15, -0.1) is 0 Å². The van der Waals surface area contributed by atoms with Crippen molar-refractivity contribution in [3.63, 3.8) is 0 Å². The van der Waals surface area contributed by atoms with Gasteiger partial charge in [0, 0.05) is 38.3 Å². The van der Waals surface area contributed by atoms with Crippen molar-refractivity contribution in [2.24, 2.45) is 5.92 Å². The van der Waals surface area contributed by atoms with Crippen molar-refractivity contribution in [1.82, 2.24) is 15.3 Å². The van der Waals surface area contributed by atoms with Crippen molar-refractivity contribution >= 4 is 29.2 Å². The predicted octanol–water partition coefficient (Wildman–Crippen LogP) is 4.43. The van der Waals surface area contributed by atoms with Gasteiger partial charge in [-0.05, 0) is 69.8 Å². The van der Waals surface area contributed by atoms with Gasteiger partial charge in [0.25, 0.3) is 5.69 Å². The summed E-state index contributed by atoms with van der Waals surface area (Å²) < 4.78 is 0. The maximum absolute atomic E-state index is 12.4.